The van der Waals surface area contributed by atoms with Crippen LogP contribution < -0.4 is 10.6 Å². The van der Waals surface area contributed by atoms with Crippen molar-refractivity contribution < 1.29 is 4.79 Å². The van der Waals surface area contributed by atoms with E-state index in [1.165, 1.54) is 6.42 Å². The first-order valence-corrected chi connectivity index (χ1v) is 7.74. The van der Waals surface area contributed by atoms with E-state index >= 15 is 0 Å². The number of fused-ring (bicyclic) bond motifs is 2. The lowest BCUT2D eigenvalue weighted by molar-refractivity contribution is -0.126. The number of carbonyl (C=O) groups excluding carboxylic acids is 1. The minimum absolute atomic E-state index is 0.0594. The fourth-order valence-electron chi connectivity index (χ4n) is 3.29. The summed E-state index contributed by atoms with van der Waals surface area (Å²) in [5.74, 6) is 0.362. The lowest BCUT2D eigenvalue weighted by Crippen LogP contribution is -2.38. The van der Waals surface area contributed by atoms with E-state index in [0.717, 1.165) is 22.9 Å². The predicted octanol–water partition coefficient (Wildman–Crippen LogP) is 2.77. The second-order valence-electron chi connectivity index (χ2n) is 5.67. The Hall–Kier alpha value is -0.870. The first-order valence-electron chi connectivity index (χ1n) is 6.95. The largest absolute Gasteiger partial charge is 0.349 e. The zero-order chi connectivity index (χ0) is 13.4. The van der Waals surface area contributed by atoms with Gasteiger partial charge in [0.2, 0.25) is 5.91 Å². The van der Waals surface area contributed by atoms with Gasteiger partial charge in [0.25, 0.3) is 0 Å². The van der Waals surface area contributed by atoms with Crippen LogP contribution in [0.15, 0.2) is 28.7 Å². The quantitative estimate of drug-likeness (QED) is 0.898. The number of hydrogen-bond acceptors (Lipinski definition) is 2. The van der Waals surface area contributed by atoms with Crippen LogP contribution in [-0.2, 0) is 4.79 Å². The Morgan fingerprint density at radius 2 is 2.32 bits per heavy atom. The summed E-state index contributed by atoms with van der Waals surface area (Å²) in [6.07, 6.45) is 3.38. The molecule has 2 N–H and O–H groups in total. The van der Waals surface area contributed by atoms with E-state index in [4.69, 9.17) is 0 Å². The summed E-state index contributed by atoms with van der Waals surface area (Å²) in [5, 5.41) is 6.66. The van der Waals surface area contributed by atoms with Crippen LogP contribution in [0.25, 0.3) is 0 Å². The summed E-state index contributed by atoms with van der Waals surface area (Å²) < 4.78 is 1.05. The van der Waals surface area contributed by atoms with Gasteiger partial charge in [0, 0.05) is 16.6 Å². The minimum atomic E-state index is 0.0594. The molecule has 19 heavy (non-hydrogen) atoms. The molecular weight excluding hydrogens is 304 g/mol. The van der Waals surface area contributed by atoms with Gasteiger partial charge in [-0.3, -0.25) is 4.79 Å². The van der Waals surface area contributed by atoms with E-state index in [1.807, 2.05) is 19.1 Å². The molecule has 2 bridgehead atoms. The smallest absolute Gasteiger partial charge is 0.225 e. The van der Waals surface area contributed by atoms with E-state index in [9.17, 15) is 4.79 Å². The number of amides is 1. The second-order valence-corrected chi connectivity index (χ2v) is 6.59. The molecule has 102 valence electrons. The number of carbonyl (C=O) groups is 1. The molecule has 1 aromatic rings. The average molecular weight is 323 g/mol. The van der Waals surface area contributed by atoms with Gasteiger partial charge in [-0.1, -0.05) is 28.1 Å². The maximum atomic E-state index is 12.3. The van der Waals surface area contributed by atoms with Crippen LogP contribution in [0.2, 0.25) is 0 Å². The van der Waals surface area contributed by atoms with E-state index < -0.39 is 0 Å². The van der Waals surface area contributed by atoms with Crippen molar-refractivity contribution in [3.63, 3.8) is 0 Å². The van der Waals surface area contributed by atoms with Crippen LogP contribution in [0.1, 0.15) is 37.8 Å². The molecule has 0 spiro atoms. The van der Waals surface area contributed by atoms with E-state index in [1.54, 1.807) is 0 Å². The van der Waals surface area contributed by atoms with Crippen molar-refractivity contribution in [1.29, 1.82) is 0 Å². The maximum Gasteiger partial charge on any atom is 0.225 e. The number of benzene rings is 1. The monoisotopic (exact) mass is 322 g/mol. The highest BCUT2D eigenvalue weighted by Gasteiger charge is 2.42. The molecule has 3 nitrogen and oxygen atoms in total. The standard InChI is InChI=1S/C15H19BrN2O/c1-9(10-3-2-4-11(16)7-10)17-15(19)13-8-12-5-6-14(13)18-12/h2-4,7,9,12-14,18H,5-6,8H2,1H3,(H,17,19)/t9-,12?,13?,14?/m1/s1. The highest BCUT2D eigenvalue weighted by molar-refractivity contribution is 9.10. The summed E-state index contributed by atoms with van der Waals surface area (Å²) >= 11 is 3.47. The molecule has 0 saturated carbocycles. The lowest BCUT2D eigenvalue weighted by atomic mass is 9.88. The van der Waals surface area contributed by atoms with E-state index in [2.05, 4.69) is 38.7 Å². The van der Waals surface area contributed by atoms with Crippen molar-refractivity contribution in [2.45, 2.75) is 44.3 Å². The number of hydrogen-bond donors (Lipinski definition) is 2. The third kappa shape index (κ3) is 2.70. The van der Waals surface area contributed by atoms with Crippen molar-refractivity contribution in [3.8, 4) is 0 Å². The summed E-state index contributed by atoms with van der Waals surface area (Å²) in [5.41, 5.74) is 1.14. The van der Waals surface area contributed by atoms with E-state index in [0.29, 0.717) is 12.1 Å². The summed E-state index contributed by atoms with van der Waals surface area (Å²) in [4.78, 5) is 12.3. The topological polar surface area (TPSA) is 41.1 Å². The molecule has 3 unspecified atom stereocenters. The molecule has 0 aromatic heterocycles. The van der Waals surface area contributed by atoms with Crippen LogP contribution in [-0.4, -0.2) is 18.0 Å². The van der Waals surface area contributed by atoms with E-state index in [-0.39, 0.29) is 17.9 Å². The Bertz CT molecular complexity index is 491. The molecule has 3 rings (SSSR count). The molecule has 0 aliphatic carbocycles. The van der Waals surface area contributed by atoms with Crippen molar-refractivity contribution >= 4 is 21.8 Å². The Labute approximate surface area is 122 Å². The van der Waals surface area contributed by atoms with Gasteiger partial charge in [-0.15, -0.1) is 0 Å². The van der Waals surface area contributed by atoms with Crippen LogP contribution >= 0.6 is 15.9 Å². The van der Waals surface area contributed by atoms with Gasteiger partial charge in [-0.25, -0.2) is 0 Å². The Morgan fingerprint density at radius 3 is 2.95 bits per heavy atom. The average Bonchev–Trinajstić information content (AvgIpc) is 3.00. The first-order chi connectivity index (χ1) is 9.13. The second kappa shape index (κ2) is 5.25. The third-order valence-electron chi connectivity index (χ3n) is 4.34. The Balaban J connectivity index is 1.63. The third-order valence-corrected chi connectivity index (χ3v) is 4.84. The van der Waals surface area contributed by atoms with Gasteiger partial charge in [0.15, 0.2) is 0 Å². The molecule has 4 atom stereocenters. The van der Waals surface area contributed by atoms with Crippen LogP contribution in [0.4, 0.5) is 0 Å². The van der Waals surface area contributed by atoms with Gasteiger partial charge >= 0.3 is 0 Å². The van der Waals surface area contributed by atoms with Gasteiger partial charge in [-0.2, -0.15) is 0 Å². The van der Waals surface area contributed by atoms with Crippen LogP contribution in [0.5, 0.6) is 0 Å². The predicted molar refractivity (Wildman–Crippen MR) is 78.8 cm³/mol. The molecule has 1 amide bonds. The van der Waals surface area contributed by atoms with Crippen LogP contribution in [0, 0.1) is 5.92 Å². The molecule has 2 saturated heterocycles. The fraction of sp³-hybridized carbons (Fsp3) is 0.533. The SMILES string of the molecule is C[C@@H](NC(=O)C1CC2CCC1N2)c1cccc(Br)c1. The highest BCUT2D eigenvalue weighted by Crippen LogP contribution is 2.33. The minimum Gasteiger partial charge on any atom is -0.349 e. The van der Waals surface area contributed by atoms with Gasteiger partial charge in [-0.05, 0) is 43.9 Å². The first kappa shape index (κ1) is 13.1. The van der Waals surface area contributed by atoms with Gasteiger partial charge in [0.05, 0.1) is 12.0 Å². The summed E-state index contributed by atoms with van der Waals surface area (Å²) in [6, 6.07) is 9.14. The number of nitrogens with one attached hydrogen (secondary N) is 2. The van der Waals surface area contributed by atoms with Crippen molar-refractivity contribution in [3.05, 3.63) is 34.3 Å². The summed E-state index contributed by atoms with van der Waals surface area (Å²) in [7, 11) is 0. The molecule has 2 aliphatic heterocycles. The number of halogens is 1. The number of rotatable bonds is 3. The van der Waals surface area contributed by atoms with Crippen molar-refractivity contribution in [2.75, 3.05) is 0 Å². The maximum absolute atomic E-state index is 12.3. The summed E-state index contributed by atoms with van der Waals surface area (Å²) in [6.45, 7) is 2.04. The zero-order valence-electron chi connectivity index (χ0n) is 11.0. The van der Waals surface area contributed by atoms with Crippen molar-refractivity contribution in [2.24, 2.45) is 5.92 Å². The fourth-order valence-corrected chi connectivity index (χ4v) is 3.71. The molecule has 2 heterocycles. The van der Waals surface area contributed by atoms with Gasteiger partial charge < -0.3 is 10.6 Å². The Kier molecular flexibility index (Phi) is 3.63. The van der Waals surface area contributed by atoms with Crippen LogP contribution in [0.3, 0.4) is 0 Å². The Morgan fingerprint density at radius 1 is 1.47 bits per heavy atom. The van der Waals surface area contributed by atoms with Crippen molar-refractivity contribution in [1.82, 2.24) is 10.6 Å². The molecule has 2 aliphatic rings. The highest BCUT2D eigenvalue weighted by atomic mass is 79.9. The van der Waals surface area contributed by atoms with Gasteiger partial charge in [0.1, 0.15) is 0 Å². The zero-order valence-corrected chi connectivity index (χ0v) is 12.6. The molecule has 4 heteroatoms. The molecule has 0 radical (unpaired) electrons. The normalized spacial score (nSPS) is 30.3. The lowest BCUT2D eigenvalue weighted by Gasteiger charge is -2.22. The molecular formula is C15H19BrN2O. The molecule has 1 aromatic carbocycles. The molecule has 2 fully saturated rings.